The number of nitrogens with one attached hydrogen (secondary N) is 1. The minimum atomic E-state index is -0.246. The quantitative estimate of drug-likeness (QED) is 0.566. The maximum atomic E-state index is 11.9. The average Bonchev–Trinajstić information content (AvgIpc) is 2.44. The van der Waals surface area contributed by atoms with Crippen LogP contribution in [0.25, 0.3) is 0 Å². The predicted octanol–water partition coefficient (Wildman–Crippen LogP) is 1.54. The van der Waals surface area contributed by atoms with Gasteiger partial charge in [0.25, 0.3) is 0 Å². The molecule has 0 aromatic heterocycles. The van der Waals surface area contributed by atoms with Crippen molar-refractivity contribution in [2.24, 2.45) is 5.41 Å². The van der Waals surface area contributed by atoms with E-state index < -0.39 is 0 Å². The zero-order chi connectivity index (χ0) is 15.0. The third-order valence-corrected chi connectivity index (χ3v) is 3.71. The van der Waals surface area contributed by atoms with Crippen molar-refractivity contribution in [3.63, 3.8) is 0 Å². The standard InChI is InChI=1S/C15H27N3O2/c1-4-20-14(19)13-11-17-8-10-18(13)9-6-5-7-15(2,3)12-16/h13,17H,4-11H2,1-3H3. The van der Waals surface area contributed by atoms with Crippen molar-refractivity contribution in [1.82, 2.24) is 10.2 Å². The van der Waals surface area contributed by atoms with Crippen molar-refractivity contribution in [2.45, 2.75) is 46.1 Å². The van der Waals surface area contributed by atoms with Crippen molar-refractivity contribution in [2.75, 3.05) is 32.8 Å². The van der Waals surface area contributed by atoms with Crippen molar-refractivity contribution in [3.05, 3.63) is 0 Å². The van der Waals surface area contributed by atoms with Gasteiger partial charge in [0.05, 0.1) is 18.1 Å². The van der Waals surface area contributed by atoms with E-state index in [4.69, 9.17) is 10.00 Å². The Morgan fingerprint density at radius 1 is 1.50 bits per heavy atom. The second-order valence-electron chi connectivity index (χ2n) is 5.96. The molecule has 0 spiro atoms. The Hall–Kier alpha value is -1.12. The highest BCUT2D eigenvalue weighted by atomic mass is 16.5. The highest BCUT2D eigenvalue weighted by molar-refractivity contribution is 5.76. The normalized spacial score (nSPS) is 20.4. The lowest BCUT2D eigenvalue weighted by Crippen LogP contribution is -2.55. The molecule has 0 radical (unpaired) electrons. The Labute approximate surface area is 122 Å². The Kier molecular flexibility index (Phi) is 6.97. The van der Waals surface area contributed by atoms with Crippen LogP contribution in [-0.2, 0) is 9.53 Å². The van der Waals surface area contributed by atoms with E-state index in [-0.39, 0.29) is 17.4 Å². The van der Waals surface area contributed by atoms with Crippen LogP contribution in [0.4, 0.5) is 0 Å². The topological polar surface area (TPSA) is 65.4 Å². The van der Waals surface area contributed by atoms with Crippen LogP contribution in [0.15, 0.2) is 0 Å². The van der Waals surface area contributed by atoms with Gasteiger partial charge in [-0.25, -0.2) is 0 Å². The molecule has 0 bridgehead atoms. The average molecular weight is 281 g/mol. The minimum absolute atomic E-state index is 0.128. The molecule has 0 aliphatic carbocycles. The van der Waals surface area contributed by atoms with Crippen LogP contribution < -0.4 is 5.32 Å². The zero-order valence-electron chi connectivity index (χ0n) is 12.9. The molecular weight excluding hydrogens is 254 g/mol. The summed E-state index contributed by atoms with van der Waals surface area (Å²) >= 11 is 0. The van der Waals surface area contributed by atoms with Gasteiger partial charge in [0.1, 0.15) is 6.04 Å². The number of carbonyl (C=O) groups is 1. The van der Waals surface area contributed by atoms with Crippen molar-refractivity contribution >= 4 is 5.97 Å². The Balaban J connectivity index is 2.36. The Morgan fingerprint density at radius 3 is 2.90 bits per heavy atom. The molecule has 1 rings (SSSR count). The number of rotatable bonds is 7. The number of nitrogens with zero attached hydrogens (tertiary/aromatic N) is 2. The van der Waals surface area contributed by atoms with Gasteiger partial charge in [0.15, 0.2) is 0 Å². The SMILES string of the molecule is CCOC(=O)C1CNCCN1CCCCC(C)(C)C#N. The fraction of sp³-hybridized carbons (Fsp3) is 0.867. The van der Waals surface area contributed by atoms with Gasteiger partial charge in [-0.15, -0.1) is 0 Å². The number of piperazine rings is 1. The first-order valence-electron chi connectivity index (χ1n) is 7.53. The molecule has 5 nitrogen and oxygen atoms in total. The molecule has 1 N–H and O–H groups in total. The number of esters is 1. The molecule has 0 saturated carbocycles. The Morgan fingerprint density at radius 2 is 2.25 bits per heavy atom. The minimum Gasteiger partial charge on any atom is -0.465 e. The summed E-state index contributed by atoms with van der Waals surface area (Å²) < 4.78 is 5.13. The first kappa shape index (κ1) is 16.9. The second-order valence-corrected chi connectivity index (χ2v) is 5.96. The summed E-state index contributed by atoms with van der Waals surface area (Å²) in [5.74, 6) is -0.128. The third-order valence-electron chi connectivity index (χ3n) is 3.71. The molecule has 1 aliphatic rings. The van der Waals surface area contributed by atoms with Crippen molar-refractivity contribution in [1.29, 1.82) is 5.26 Å². The van der Waals surface area contributed by atoms with Gasteiger partial charge >= 0.3 is 5.97 Å². The van der Waals surface area contributed by atoms with E-state index in [9.17, 15) is 4.79 Å². The molecule has 1 heterocycles. The van der Waals surface area contributed by atoms with Crippen LogP contribution in [0.5, 0.6) is 0 Å². The summed E-state index contributed by atoms with van der Waals surface area (Å²) in [5, 5.41) is 12.2. The molecule has 0 aromatic carbocycles. The molecule has 1 saturated heterocycles. The summed E-state index contributed by atoms with van der Waals surface area (Å²) in [7, 11) is 0. The van der Waals surface area contributed by atoms with Crippen LogP contribution in [0.3, 0.4) is 0 Å². The summed E-state index contributed by atoms with van der Waals surface area (Å²) in [6, 6.07) is 2.17. The first-order valence-corrected chi connectivity index (χ1v) is 7.53. The third kappa shape index (κ3) is 5.48. The summed E-state index contributed by atoms with van der Waals surface area (Å²) in [6.45, 7) is 9.57. The van der Waals surface area contributed by atoms with E-state index in [2.05, 4.69) is 16.3 Å². The van der Waals surface area contributed by atoms with E-state index in [1.807, 2.05) is 20.8 Å². The van der Waals surface area contributed by atoms with Crippen LogP contribution >= 0.6 is 0 Å². The number of carbonyl (C=O) groups excluding carboxylic acids is 1. The summed E-state index contributed by atoms with van der Waals surface area (Å²) in [4.78, 5) is 14.1. The highest BCUT2D eigenvalue weighted by Crippen LogP contribution is 2.22. The monoisotopic (exact) mass is 281 g/mol. The van der Waals surface area contributed by atoms with Crippen LogP contribution in [0.2, 0.25) is 0 Å². The molecule has 5 heteroatoms. The van der Waals surface area contributed by atoms with Crippen LogP contribution in [-0.4, -0.2) is 49.7 Å². The molecule has 1 atom stereocenters. The number of nitriles is 1. The smallest absolute Gasteiger partial charge is 0.324 e. The molecule has 1 fully saturated rings. The number of ether oxygens (including phenoxy) is 1. The molecule has 0 aromatic rings. The molecule has 114 valence electrons. The van der Waals surface area contributed by atoms with Crippen molar-refractivity contribution < 1.29 is 9.53 Å². The fourth-order valence-corrected chi connectivity index (χ4v) is 2.42. The van der Waals surface area contributed by atoms with Gasteiger partial charge in [0, 0.05) is 19.6 Å². The lowest BCUT2D eigenvalue weighted by molar-refractivity contribution is -0.150. The summed E-state index contributed by atoms with van der Waals surface area (Å²) in [5.41, 5.74) is -0.246. The predicted molar refractivity (Wildman–Crippen MR) is 78.1 cm³/mol. The molecular formula is C15H27N3O2. The Bertz CT molecular complexity index is 350. The highest BCUT2D eigenvalue weighted by Gasteiger charge is 2.29. The lowest BCUT2D eigenvalue weighted by Gasteiger charge is -2.34. The van der Waals surface area contributed by atoms with Gasteiger partial charge in [0.2, 0.25) is 0 Å². The van der Waals surface area contributed by atoms with Crippen LogP contribution in [0.1, 0.15) is 40.0 Å². The maximum Gasteiger partial charge on any atom is 0.324 e. The second kappa shape index (κ2) is 8.23. The van der Waals surface area contributed by atoms with Crippen LogP contribution in [0, 0.1) is 16.7 Å². The van der Waals surface area contributed by atoms with Gasteiger partial charge in [-0.1, -0.05) is 6.42 Å². The van der Waals surface area contributed by atoms with Gasteiger partial charge in [-0.2, -0.15) is 5.26 Å². The van der Waals surface area contributed by atoms with E-state index in [0.717, 1.165) is 38.9 Å². The fourth-order valence-electron chi connectivity index (χ4n) is 2.42. The van der Waals surface area contributed by atoms with Gasteiger partial charge in [-0.3, -0.25) is 9.69 Å². The van der Waals surface area contributed by atoms with E-state index in [0.29, 0.717) is 13.2 Å². The molecule has 1 aliphatic heterocycles. The van der Waals surface area contributed by atoms with Gasteiger partial charge < -0.3 is 10.1 Å². The largest absolute Gasteiger partial charge is 0.465 e. The molecule has 20 heavy (non-hydrogen) atoms. The lowest BCUT2D eigenvalue weighted by atomic mass is 9.89. The maximum absolute atomic E-state index is 11.9. The van der Waals surface area contributed by atoms with E-state index >= 15 is 0 Å². The molecule has 0 amide bonds. The van der Waals surface area contributed by atoms with E-state index in [1.165, 1.54) is 0 Å². The zero-order valence-corrected chi connectivity index (χ0v) is 12.9. The number of hydrogen-bond donors (Lipinski definition) is 1. The molecule has 1 unspecified atom stereocenters. The number of hydrogen-bond acceptors (Lipinski definition) is 5. The van der Waals surface area contributed by atoms with Crippen molar-refractivity contribution in [3.8, 4) is 6.07 Å². The number of unbranched alkanes of at least 4 members (excludes halogenated alkanes) is 1. The van der Waals surface area contributed by atoms with E-state index in [1.54, 1.807) is 0 Å². The summed E-state index contributed by atoms with van der Waals surface area (Å²) in [6.07, 6.45) is 2.93. The van der Waals surface area contributed by atoms with Gasteiger partial charge in [-0.05, 0) is 40.2 Å². The first-order chi connectivity index (χ1) is 9.50.